The van der Waals surface area contributed by atoms with E-state index in [1.54, 1.807) is 19.1 Å². The molecule has 0 aliphatic heterocycles. The molecule has 168 valence electrons. The van der Waals surface area contributed by atoms with Gasteiger partial charge in [0.25, 0.3) is 5.91 Å². The summed E-state index contributed by atoms with van der Waals surface area (Å²) in [6.07, 6.45) is 0. The SMILES string of the molecule is CC(C)NC(=O)[C@@H](C)NC(=O)c1[nH]nc(-c2cc(Cl)c(O)cc2O)c1-c1ccc(O)cc1. The van der Waals surface area contributed by atoms with Crippen molar-refractivity contribution in [1.82, 2.24) is 20.8 Å². The number of aromatic nitrogens is 2. The van der Waals surface area contributed by atoms with Crippen molar-refractivity contribution < 1.29 is 24.9 Å². The topological polar surface area (TPSA) is 148 Å². The van der Waals surface area contributed by atoms with E-state index < -0.39 is 11.9 Å². The van der Waals surface area contributed by atoms with Crippen molar-refractivity contribution in [3.05, 3.63) is 47.1 Å². The highest BCUT2D eigenvalue weighted by atomic mass is 35.5. The van der Waals surface area contributed by atoms with Gasteiger partial charge in [0.1, 0.15) is 34.7 Å². The van der Waals surface area contributed by atoms with Gasteiger partial charge in [0.05, 0.1) is 5.02 Å². The number of carbonyl (C=O) groups excluding carboxylic acids is 2. The van der Waals surface area contributed by atoms with Crippen molar-refractivity contribution in [1.29, 1.82) is 0 Å². The quantitative estimate of drug-likeness (QED) is 0.334. The Labute approximate surface area is 189 Å². The van der Waals surface area contributed by atoms with Crippen LogP contribution in [0.4, 0.5) is 0 Å². The largest absolute Gasteiger partial charge is 0.508 e. The number of nitrogens with one attached hydrogen (secondary N) is 3. The molecule has 0 saturated carbocycles. The van der Waals surface area contributed by atoms with Gasteiger partial charge in [-0.05, 0) is 44.5 Å². The molecular weight excluding hydrogens is 436 g/mol. The summed E-state index contributed by atoms with van der Waals surface area (Å²) in [5, 5.41) is 41.9. The number of H-pyrrole nitrogens is 1. The Bertz CT molecular complexity index is 1160. The van der Waals surface area contributed by atoms with Gasteiger partial charge < -0.3 is 26.0 Å². The summed E-state index contributed by atoms with van der Waals surface area (Å²) < 4.78 is 0. The third-order valence-electron chi connectivity index (χ3n) is 4.64. The van der Waals surface area contributed by atoms with Gasteiger partial charge in [0.2, 0.25) is 5.91 Å². The van der Waals surface area contributed by atoms with Crippen molar-refractivity contribution in [3.8, 4) is 39.6 Å². The summed E-state index contributed by atoms with van der Waals surface area (Å²) in [5.74, 6) is -1.52. The molecule has 9 nitrogen and oxygen atoms in total. The van der Waals surface area contributed by atoms with E-state index in [1.165, 1.54) is 18.2 Å². The molecule has 2 amide bonds. The number of benzene rings is 2. The number of amides is 2. The minimum atomic E-state index is -0.819. The molecule has 1 heterocycles. The van der Waals surface area contributed by atoms with E-state index in [0.29, 0.717) is 11.1 Å². The zero-order valence-corrected chi connectivity index (χ0v) is 18.4. The second-order valence-electron chi connectivity index (χ2n) is 7.55. The lowest BCUT2D eigenvalue weighted by atomic mass is 9.97. The highest BCUT2D eigenvalue weighted by Crippen LogP contribution is 2.41. The van der Waals surface area contributed by atoms with Crippen LogP contribution in [0, 0.1) is 0 Å². The molecule has 3 rings (SSSR count). The Morgan fingerprint density at radius 3 is 2.28 bits per heavy atom. The number of aromatic hydroxyl groups is 3. The van der Waals surface area contributed by atoms with E-state index in [-0.39, 0.29) is 51.2 Å². The summed E-state index contributed by atoms with van der Waals surface area (Å²) in [6.45, 7) is 5.18. The molecule has 1 atom stereocenters. The number of nitrogens with zero attached hydrogens (tertiary/aromatic N) is 1. The van der Waals surface area contributed by atoms with Gasteiger partial charge in [0.15, 0.2) is 0 Å². The summed E-state index contributed by atoms with van der Waals surface area (Å²) in [5.41, 5.74) is 1.24. The predicted octanol–water partition coefficient (Wildman–Crippen LogP) is 3.16. The van der Waals surface area contributed by atoms with E-state index in [0.717, 1.165) is 6.07 Å². The molecule has 0 saturated heterocycles. The highest BCUT2D eigenvalue weighted by molar-refractivity contribution is 6.32. The van der Waals surface area contributed by atoms with E-state index in [9.17, 15) is 24.9 Å². The highest BCUT2D eigenvalue weighted by Gasteiger charge is 2.26. The van der Waals surface area contributed by atoms with Crippen LogP contribution < -0.4 is 10.6 Å². The van der Waals surface area contributed by atoms with Gasteiger partial charge in [-0.25, -0.2) is 0 Å². The number of hydrogen-bond acceptors (Lipinski definition) is 6. The minimum Gasteiger partial charge on any atom is -0.508 e. The maximum Gasteiger partial charge on any atom is 0.270 e. The summed E-state index contributed by atoms with van der Waals surface area (Å²) in [6, 6.07) is 7.53. The van der Waals surface area contributed by atoms with E-state index >= 15 is 0 Å². The number of carbonyl (C=O) groups is 2. The van der Waals surface area contributed by atoms with Crippen LogP contribution in [0.2, 0.25) is 5.02 Å². The molecule has 0 unspecified atom stereocenters. The molecule has 1 aromatic heterocycles. The lowest BCUT2D eigenvalue weighted by Crippen LogP contribution is -2.46. The van der Waals surface area contributed by atoms with Crippen molar-refractivity contribution in [2.45, 2.75) is 32.9 Å². The Morgan fingerprint density at radius 1 is 1.00 bits per heavy atom. The van der Waals surface area contributed by atoms with Gasteiger partial charge in [-0.2, -0.15) is 5.10 Å². The van der Waals surface area contributed by atoms with Crippen molar-refractivity contribution in [2.75, 3.05) is 0 Å². The monoisotopic (exact) mass is 458 g/mol. The molecule has 0 radical (unpaired) electrons. The minimum absolute atomic E-state index is 0.0116. The maximum atomic E-state index is 13.0. The van der Waals surface area contributed by atoms with Gasteiger partial charge in [-0.1, -0.05) is 23.7 Å². The van der Waals surface area contributed by atoms with E-state index in [4.69, 9.17) is 11.6 Å². The van der Waals surface area contributed by atoms with Crippen LogP contribution in [-0.2, 0) is 4.79 Å². The Hall–Kier alpha value is -3.72. The molecule has 10 heteroatoms. The number of phenols is 3. The van der Waals surface area contributed by atoms with Crippen LogP contribution in [0.25, 0.3) is 22.4 Å². The molecule has 0 bridgehead atoms. The third kappa shape index (κ3) is 4.78. The average molecular weight is 459 g/mol. The first-order valence-electron chi connectivity index (χ1n) is 9.79. The molecular formula is C22H23ClN4O5. The fourth-order valence-corrected chi connectivity index (χ4v) is 3.26. The molecule has 0 spiro atoms. The van der Waals surface area contributed by atoms with Crippen LogP contribution in [0.5, 0.6) is 17.2 Å². The molecule has 0 aliphatic rings. The second kappa shape index (κ2) is 9.19. The Balaban J connectivity index is 2.08. The van der Waals surface area contributed by atoms with E-state index in [2.05, 4.69) is 20.8 Å². The molecule has 0 fully saturated rings. The van der Waals surface area contributed by atoms with Crippen LogP contribution in [0.1, 0.15) is 31.3 Å². The third-order valence-corrected chi connectivity index (χ3v) is 4.94. The predicted molar refractivity (Wildman–Crippen MR) is 120 cm³/mol. The lowest BCUT2D eigenvalue weighted by molar-refractivity contribution is -0.123. The zero-order valence-electron chi connectivity index (χ0n) is 17.6. The molecule has 32 heavy (non-hydrogen) atoms. The second-order valence-corrected chi connectivity index (χ2v) is 7.96. The fraction of sp³-hybridized carbons (Fsp3) is 0.227. The zero-order chi connectivity index (χ0) is 23.6. The molecule has 3 aromatic rings. The number of halogens is 1. The smallest absolute Gasteiger partial charge is 0.270 e. The molecule has 2 aromatic carbocycles. The fourth-order valence-electron chi connectivity index (χ4n) is 3.09. The van der Waals surface area contributed by atoms with Crippen LogP contribution in [0.3, 0.4) is 0 Å². The summed E-state index contributed by atoms with van der Waals surface area (Å²) in [7, 11) is 0. The Kier molecular flexibility index (Phi) is 6.59. The van der Waals surface area contributed by atoms with Crippen molar-refractivity contribution in [3.63, 3.8) is 0 Å². The first kappa shape index (κ1) is 23.0. The van der Waals surface area contributed by atoms with Gasteiger partial charge >= 0.3 is 0 Å². The molecule has 0 aliphatic carbocycles. The van der Waals surface area contributed by atoms with Gasteiger partial charge in [0, 0.05) is 23.2 Å². The summed E-state index contributed by atoms with van der Waals surface area (Å²) >= 11 is 6.01. The van der Waals surface area contributed by atoms with Crippen LogP contribution >= 0.6 is 11.6 Å². The van der Waals surface area contributed by atoms with E-state index in [1.807, 2.05) is 13.8 Å². The normalized spacial score (nSPS) is 11.9. The maximum absolute atomic E-state index is 13.0. The average Bonchev–Trinajstić information content (AvgIpc) is 3.15. The number of hydrogen-bond donors (Lipinski definition) is 6. The molecule has 6 N–H and O–H groups in total. The summed E-state index contributed by atoms with van der Waals surface area (Å²) in [4.78, 5) is 25.2. The Morgan fingerprint density at radius 2 is 1.66 bits per heavy atom. The van der Waals surface area contributed by atoms with Crippen LogP contribution in [0.15, 0.2) is 36.4 Å². The lowest BCUT2D eigenvalue weighted by Gasteiger charge is -2.16. The first-order chi connectivity index (χ1) is 15.1. The number of phenolic OH excluding ortho intramolecular Hbond substituents is 3. The number of aromatic amines is 1. The van der Waals surface area contributed by atoms with Crippen molar-refractivity contribution >= 4 is 23.4 Å². The first-order valence-corrected chi connectivity index (χ1v) is 10.2. The van der Waals surface area contributed by atoms with Gasteiger partial charge in [-0.3, -0.25) is 14.7 Å². The van der Waals surface area contributed by atoms with Crippen LogP contribution in [-0.4, -0.2) is 49.4 Å². The number of rotatable bonds is 6. The van der Waals surface area contributed by atoms with Gasteiger partial charge in [-0.15, -0.1) is 0 Å². The standard InChI is InChI=1S/C22H23ClN4O5/c1-10(2)24-21(31)11(3)25-22(32)20-18(12-4-6-13(28)7-5-12)19(26-27-20)14-8-15(23)17(30)9-16(14)29/h4-11,28-30H,1-3H3,(H,24,31)(H,25,32)(H,26,27)/t11-/m1/s1. The van der Waals surface area contributed by atoms with Crippen molar-refractivity contribution in [2.24, 2.45) is 0 Å².